The molecule has 154 valence electrons. The number of carbonyl (C=O) groups is 2. The number of nitrogens with two attached hydrogens (primary N) is 1. The molecule has 0 bridgehead atoms. The monoisotopic (exact) mass is 405 g/mol. The Hall–Kier alpha value is -3.64. The van der Waals surface area contributed by atoms with E-state index < -0.39 is 29.6 Å². The number of hydrogen-bond donors (Lipinski definition) is 3. The molecule has 0 aliphatic carbocycles. The molecule has 0 aliphatic rings. The van der Waals surface area contributed by atoms with Gasteiger partial charge in [-0.2, -0.15) is 0 Å². The van der Waals surface area contributed by atoms with Crippen molar-refractivity contribution in [3.63, 3.8) is 0 Å². The number of aromatic hydroxyl groups is 1. The molecular formula is C24H23NO5. The van der Waals surface area contributed by atoms with Gasteiger partial charge in [0, 0.05) is 5.56 Å². The van der Waals surface area contributed by atoms with Gasteiger partial charge in [-0.25, -0.2) is 0 Å². The van der Waals surface area contributed by atoms with Crippen LogP contribution in [0.3, 0.4) is 0 Å². The maximum atomic E-state index is 13.6. The van der Waals surface area contributed by atoms with Gasteiger partial charge in [-0.3, -0.25) is 9.59 Å². The quantitative estimate of drug-likeness (QED) is 0.495. The minimum absolute atomic E-state index is 0.134. The molecule has 6 nitrogen and oxygen atoms in total. The lowest BCUT2D eigenvalue weighted by atomic mass is 9.78. The molecule has 0 aliphatic heterocycles. The fourth-order valence-electron chi connectivity index (χ4n) is 3.60. The minimum Gasteiger partial charge on any atom is -0.504 e. The number of carbonyl (C=O) groups excluding carboxylic acids is 1. The zero-order valence-corrected chi connectivity index (χ0v) is 16.4. The molecule has 0 amide bonds. The molecule has 3 aromatic rings. The summed E-state index contributed by atoms with van der Waals surface area (Å²) in [6, 6.07) is 21.3. The summed E-state index contributed by atoms with van der Waals surface area (Å²) >= 11 is 0. The van der Waals surface area contributed by atoms with E-state index in [-0.39, 0.29) is 17.1 Å². The van der Waals surface area contributed by atoms with Gasteiger partial charge in [0.1, 0.15) is 5.92 Å². The van der Waals surface area contributed by atoms with Crippen molar-refractivity contribution >= 4 is 11.8 Å². The molecule has 2 unspecified atom stereocenters. The first-order valence-electron chi connectivity index (χ1n) is 9.43. The van der Waals surface area contributed by atoms with E-state index in [1.165, 1.54) is 19.2 Å². The smallest absolute Gasteiger partial charge is 0.316 e. The van der Waals surface area contributed by atoms with Crippen LogP contribution in [0.15, 0.2) is 78.9 Å². The summed E-state index contributed by atoms with van der Waals surface area (Å²) in [5.41, 5.74) is 7.71. The van der Waals surface area contributed by atoms with E-state index in [0.29, 0.717) is 11.1 Å². The first kappa shape index (κ1) is 21.1. The zero-order valence-electron chi connectivity index (χ0n) is 16.4. The van der Waals surface area contributed by atoms with Gasteiger partial charge in [-0.1, -0.05) is 72.8 Å². The topological polar surface area (TPSA) is 110 Å². The lowest BCUT2D eigenvalue weighted by Crippen LogP contribution is -2.38. The van der Waals surface area contributed by atoms with Gasteiger partial charge in [0.25, 0.3) is 0 Å². The molecule has 2 atom stereocenters. The van der Waals surface area contributed by atoms with Crippen molar-refractivity contribution in [2.45, 2.75) is 12.0 Å². The predicted molar refractivity (Wildman–Crippen MR) is 112 cm³/mol. The fourth-order valence-corrected chi connectivity index (χ4v) is 3.60. The van der Waals surface area contributed by atoms with Crippen molar-refractivity contribution < 1.29 is 24.5 Å². The highest BCUT2D eigenvalue weighted by molar-refractivity contribution is 6.04. The number of benzene rings is 3. The van der Waals surface area contributed by atoms with Crippen LogP contribution in [0.4, 0.5) is 0 Å². The van der Waals surface area contributed by atoms with Gasteiger partial charge >= 0.3 is 5.97 Å². The average molecular weight is 405 g/mol. The summed E-state index contributed by atoms with van der Waals surface area (Å²) in [5.74, 6) is -4.42. The molecule has 0 spiro atoms. The van der Waals surface area contributed by atoms with Crippen LogP contribution in [0.2, 0.25) is 0 Å². The second-order valence-electron chi connectivity index (χ2n) is 6.90. The molecule has 3 aromatic carbocycles. The molecule has 0 aromatic heterocycles. The third kappa shape index (κ3) is 4.18. The zero-order chi connectivity index (χ0) is 21.7. The first-order chi connectivity index (χ1) is 14.5. The number of rotatable bonds is 8. The number of carboxylic acids is 1. The number of ketones is 1. The van der Waals surface area contributed by atoms with E-state index in [9.17, 15) is 19.8 Å². The highest BCUT2D eigenvalue weighted by atomic mass is 16.5. The van der Waals surface area contributed by atoms with Gasteiger partial charge in [-0.05, 0) is 17.2 Å². The van der Waals surface area contributed by atoms with Crippen molar-refractivity contribution in [3.8, 4) is 11.5 Å². The van der Waals surface area contributed by atoms with E-state index in [4.69, 9.17) is 10.5 Å². The lowest BCUT2D eigenvalue weighted by Gasteiger charge is -2.26. The molecule has 0 saturated carbocycles. The summed E-state index contributed by atoms with van der Waals surface area (Å²) in [6.07, 6.45) is 0. The molecular weight excluding hydrogens is 382 g/mol. The van der Waals surface area contributed by atoms with Crippen molar-refractivity contribution in [2.24, 2.45) is 11.7 Å². The molecule has 0 fully saturated rings. The Morgan fingerprint density at radius 1 is 0.867 bits per heavy atom. The van der Waals surface area contributed by atoms with Crippen LogP contribution >= 0.6 is 0 Å². The standard InChI is InChI=1S/C24H23NO5/c1-30-18-14-8-13-17(22(18)26)21(25)20(24(28)29)23(27)19(15-9-4-2-5-10-15)16-11-6-3-7-12-16/h2-14,19-21,26H,25H2,1H3,(H,28,29). The Morgan fingerprint density at radius 3 is 1.87 bits per heavy atom. The minimum atomic E-state index is -1.58. The molecule has 6 heteroatoms. The highest BCUT2D eigenvalue weighted by Crippen LogP contribution is 2.38. The number of phenols is 1. The van der Waals surface area contributed by atoms with Gasteiger partial charge in [0.05, 0.1) is 19.1 Å². The van der Waals surface area contributed by atoms with Crippen molar-refractivity contribution in [1.29, 1.82) is 0 Å². The van der Waals surface area contributed by atoms with Crippen LogP contribution in [0.5, 0.6) is 11.5 Å². The Kier molecular flexibility index (Phi) is 6.49. The number of ether oxygens (including phenoxy) is 1. The van der Waals surface area contributed by atoms with Crippen LogP contribution in [-0.4, -0.2) is 29.1 Å². The molecule has 0 saturated heterocycles. The number of Topliss-reactive ketones (excluding diaryl/α,β-unsaturated/α-hetero) is 1. The summed E-state index contributed by atoms with van der Waals surface area (Å²) in [6.45, 7) is 0. The molecule has 0 radical (unpaired) electrons. The lowest BCUT2D eigenvalue weighted by molar-refractivity contribution is -0.147. The largest absolute Gasteiger partial charge is 0.504 e. The third-order valence-electron chi connectivity index (χ3n) is 5.09. The van der Waals surface area contributed by atoms with Crippen LogP contribution < -0.4 is 10.5 Å². The SMILES string of the molecule is COc1cccc(C(N)C(C(=O)O)C(=O)C(c2ccccc2)c2ccccc2)c1O. The van der Waals surface area contributed by atoms with Crippen molar-refractivity contribution in [2.75, 3.05) is 7.11 Å². The van der Waals surface area contributed by atoms with E-state index in [1.54, 1.807) is 54.6 Å². The summed E-state index contributed by atoms with van der Waals surface area (Å²) in [7, 11) is 1.38. The Balaban J connectivity index is 2.08. The van der Waals surface area contributed by atoms with Crippen molar-refractivity contribution in [1.82, 2.24) is 0 Å². The van der Waals surface area contributed by atoms with Gasteiger partial charge < -0.3 is 20.7 Å². The number of carboxylic acid groups (broad SMARTS) is 1. The molecule has 3 rings (SSSR count). The van der Waals surface area contributed by atoms with Gasteiger partial charge in [0.2, 0.25) is 0 Å². The Morgan fingerprint density at radius 2 is 1.40 bits per heavy atom. The van der Waals surface area contributed by atoms with Crippen LogP contribution in [0.25, 0.3) is 0 Å². The van der Waals surface area contributed by atoms with Crippen molar-refractivity contribution in [3.05, 3.63) is 95.6 Å². The normalized spacial score (nSPS) is 12.9. The van der Waals surface area contributed by atoms with E-state index in [0.717, 1.165) is 0 Å². The Bertz CT molecular complexity index is 981. The van der Waals surface area contributed by atoms with E-state index in [1.807, 2.05) is 12.1 Å². The predicted octanol–water partition coefficient (Wildman–Crippen LogP) is 3.50. The first-order valence-corrected chi connectivity index (χ1v) is 9.43. The third-order valence-corrected chi connectivity index (χ3v) is 5.09. The number of methoxy groups -OCH3 is 1. The van der Waals surface area contributed by atoms with Crippen LogP contribution in [-0.2, 0) is 9.59 Å². The van der Waals surface area contributed by atoms with Crippen LogP contribution in [0.1, 0.15) is 28.7 Å². The summed E-state index contributed by atoms with van der Waals surface area (Å²) < 4.78 is 5.08. The van der Waals surface area contributed by atoms with Crippen LogP contribution in [0, 0.1) is 5.92 Å². The Labute approximate surface area is 174 Å². The number of phenolic OH excluding ortho intramolecular Hbond substituents is 1. The average Bonchev–Trinajstić information content (AvgIpc) is 2.75. The second-order valence-corrected chi connectivity index (χ2v) is 6.90. The number of hydrogen-bond acceptors (Lipinski definition) is 5. The molecule has 30 heavy (non-hydrogen) atoms. The highest BCUT2D eigenvalue weighted by Gasteiger charge is 2.40. The number of para-hydroxylation sites is 1. The second kappa shape index (κ2) is 9.24. The van der Waals surface area contributed by atoms with Gasteiger partial charge in [-0.15, -0.1) is 0 Å². The summed E-state index contributed by atoms with van der Waals surface area (Å²) in [4.78, 5) is 25.8. The fraction of sp³-hybridized carbons (Fsp3) is 0.167. The molecule has 4 N–H and O–H groups in total. The maximum absolute atomic E-state index is 13.6. The maximum Gasteiger partial charge on any atom is 0.316 e. The number of aliphatic carboxylic acids is 1. The molecule has 0 heterocycles. The van der Waals surface area contributed by atoms with Gasteiger partial charge in [0.15, 0.2) is 17.3 Å². The van der Waals surface area contributed by atoms with E-state index >= 15 is 0 Å². The summed E-state index contributed by atoms with van der Waals surface area (Å²) in [5, 5.41) is 20.4. The van der Waals surface area contributed by atoms with E-state index in [2.05, 4.69) is 0 Å².